The third kappa shape index (κ3) is 9.97. The van der Waals surface area contributed by atoms with E-state index in [1.165, 1.54) is 16.7 Å². The number of amides is 2. The Morgan fingerprint density at radius 1 is 1.08 bits per heavy atom. The molecule has 12 heteroatoms. The number of benzene rings is 2. The van der Waals surface area contributed by atoms with Gasteiger partial charge in [-0.1, -0.05) is 30.3 Å². The minimum absolute atomic E-state index is 0.00893. The Bertz CT molecular complexity index is 1640. The highest BCUT2D eigenvalue weighted by atomic mass is 16.5. The van der Waals surface area contributed by atoms with E-state index in [4.69, 9.17) is 14.2 Å². The first-order valence-corrected chi connectivity index (χ1v) is 18.2. The molecule has 12 nitrogen and oxygen atoms in total. The van der Waals surface area contributed by atoms with Crippen LogP contribution < -0.4 is 20.3 Å². The van der Waals surface area contributed by atoms with E-state index < -0.39 is 0 Å². The van der Waals surface area contributed by atoms with E-state index in [9.17, 15) is 14.7 Å². The molecule has 0 aliphatic carbocycles. The van der Waals surface area contributed by atoms with Crippen molar-refractivity contribution in [1.29, 1.82) is 0 Å². The first-order valence-electron chi connectivity index (χ1n) is 18.2. The van der Waals surface area contributed by atoms with Crippen molar-refractivity contribution in [3.63, 3.8) is 0 Å². The number of aromatic hydroxyl groups is 1. The van der Waals surface area contributed by atoms with Crippen LogP contribution in [-0.2, 0) is 38.4 Å². The number of aromatic nitrogens is 1. The minimum atomic E-state index is -0.283. The van der Waals surface area contributed by atoms with E-state index in [0.29, 0.717) is 57.1 Å². The molecule has 0 saturated carbocycles. The first-order chi connectivity index (χ1) is 24.8. The molecule has 2 fully saturated rings. The third-order valence-corrected chi connectivity index (χ3v) is 10.1. The van der Waals surface area contributed by atoms with Crippen LogP contribution in [0.25, 0.3) is 0 Å². The molecule has 0 unspecified atom stereocenters. The molecular weight excluding hydrogens is 648 g/mol. The van der Waals surface area contributed by atoms with E-state index in [1.807, 2.05) is 19.3 Å². The highest BCUT2D eigenvalue weighted by molar-refractivity contribution is 5.97. The largest absolute Gasteiger partial charge is 0.506 e. The maximum atomic E-state index is 12.6. The topological polar surface area (TPSA) is 129 Å². The number of piperidine rings is 1. The molecule has 0 atom stereocenters. The van der Waals surface area contributed by atoms with Gasteiger partial charge in [-0.3, -0.25) is 14.5 Å². The van der Waals surface area contributed by atoms with Crippen LogP contribution in [-0.4, -0.2) is 117 Å². The zero-order valence-corrected chi connectivity index (χ0v) is 30.0. The van der Waals surface area contributed by atoms with Gasteiger partial charge in [0.25, 0.3) is 5.91 Å². The van der Waals surface area contributed by atoms with E-state index in [-0.39, 0.29) is 29.8 Å². The lowest BCUT2D eigenvalue weighted by molar-refractivity contribution is -0.131. The van der Waals surface area contributed by atoms with Crippen LogP contribution in [0.2, 0.25) is 0 Å². The molecule has 1 spiro atoms. The third-order valence-electron chi connectivity index (χ3n) is 10.1. The molecule has 6 rings (SSSR count). The molecule has 0 bridgehead atoms. The van der Waals surface area contributed by atoms with Crippen LogP contribution in [0.3, 0.4) is 0 Å². The quantitative estimate of drug-likeness (QED) is 0.160. The van der Waals surface area contributed by atoms with Gasteiger partial charge in [0.1, 0.15) is 17.3 Å². The number of likely N-dealkylation sites (N-methyl/N-ethyl adjacent to an activating group) is 1. The number of pyridine rings is 1. The lowest BCUT2D eigenvalue weighted by Crippen LogP contribution is -2.57. The summed E-state index contributed by atoms with van der Waals surface area (Å²) in [7, 11) is 1.81. The number of hydrogen-bond donors (Lipinski definition) is 3. The normalized spacial score (nSPS) is 17.1. The number of carbonyl (C=O) groups is 2. The van der Waals surface area contributed by atoms with Gasteiger partial charge in [-0.15, -0.1) is 0 Å². The molecule has 2 aromatic carbocycles. The smallest absolute Gasteiger partial charge is 0.262 e. The fraction of sp³-hybridized carbons (Fsp3) is 0.513. The standard InChI is InChI=1S/C39H52N6O6/c1-29-8-15-41-34(24-29)45-20-23-51-39(28-45)12-17-44(18-13-39)26-31-5-3-4-30(25-31)10-21-49-22-11-36(48)43(2)19-16-40-14-9-32-6-7-33(46)37-38(32)50-27-35(47)42-37/h3-8,15,24-25,40,46H,9-14,16-23,26-28H2,1-2H3,(H,42,47). The van der Waals surface area contributed by atoms with Crippen LogP contribution >= 0.6 is 0 Å². The number of fused-ring (bicyclic) bond motifs is 1. The summed E-state index contributed by atoms with van der Waals surface area (Å²) in [5.41, 5.74) is 4.92. The number of nitrogens with zero attached hydrogens (tertiary/aromatic N) is 4. The number of anilines is 2. The molecule has 3 N–H and O–H groups in total. The van der Waals surface area contributed by atoms with E-state index in [2.05, 4.69) is 62.7 Å². The average molecular weight is 701 g/mol. The Kier molecular flexibility index (Phi) is 12.4. The number of ether oxygens (including phenoxy) is 3. The summed E-state index contributed by atoms with van der Waals surface area (Å²) in [5.74, 6) is 1.33. The van der Waals surface area contributed by atoms with Crippen molar-refractivity contribution in [2.45, 2.75) is 51.2 Å². The highest BCUT2D eigenvalue weighted by Crippen LogP contribution is 2.39. The lowest BCUT2D eigenvalue weighted by atomic mass is 9.89. The molecule has 274 valence electrons. The summed E-state index contributed by atoms with van der Waals surface area (Å²) in [6.45, 7) is 10.4. The molecule has 51 heavy (non-hydrogen) atoms. The molecule has 2 saturated heterocycles. The SMILES string of the molecule is Cc1ccnc(N2CCOC3(CCN(Cc4cccc(CCOCCC(=O)N(C)CCNCCc5ccc(O)c6c5OCC(=O)N6)c4)CC3)C2)c1. The molecular formula is C39H52N6O6. The number of phenols is 1. The number of morpholine rings is 1. The van der Waals surface area contributed by atoms with Crippen LogP contribution in [0, 0.1) is 6.92 Å². The summed E-state index contributed by atoms with van der Waals surface area (Å²) in [4.78, 5) is 35.5. The highest BCUT2D eigenvalue weighted by Gasteiger charge is 2.40. The zero-order valence-electron chi connectivity index (χ0n) is 30.0. The fourth-order valence-electron chi connectivity index (χ4n) is 7.07. The average Bonchev–Trinajstić information content (AvgIpc) is 3.13. The minimum Gasteiger partial charge on any atom is -0.506 e. The van der Waals surface area contributed by atoms with Crippen molar-refractivity contribution in [1.82, 2.24) is 20.1 Å². The van der Waals surface area contributed by atoms with Gasteiger partial charge >= 0.3 is 0 Å². The molecule has 4 heterocycles. The van der Waals surface area contributed by atoms with Gasteiger partial charge in [0, 0.05) is 59.1 Å². The van der Waals surface area contributed by atoms with Gasteiger partial charge in [0.05, 0.1) is 31.8 Å². The lowest BCUT2D eigenvalue weighted by Gasteiger charge is -2.47. The van der Waals surface area contributed by atoms with Crippen LogP contribution in [0.1, 0.15) is 41.5 Å². The molecule has 3 aromatic rings. The van der Waals surface area contributed by atoms with Gasteiger partial charge in [-0.2, -0.15) is 0 Å². The van der Waals surface area contributed by atoms with Crippen molar-refractivity contribution in [2.75, 3.05) is 89.5 Å². The molecule has 2 amide bonds. The van der Waals surface area contributed by atoms with Crippen LogP contribution in [0.4, 0.5) is 11.5 Å². The number of carbonyl (C=O) groups excluding carboxylic acids is 2. The zero-order chi connectivity index (χ0) is 35.6. The Labute approximate surface area is 301 Å². The number of phenolic OH excluding ortho intramolecular Hbond substituents is 1. The number of likely N-dealkylation sites (tertiary alicyclic amines) is 1. The van der Waals surface area contributed by atoms with E-state index in [0.717, 1.165) is 70.0 Å². The Morgan fingerprint density at radius 3 is 2.76 bits per heavy atom. The second kappa shape index (κ2) is 17.3. The van der Waals surface area contributed by atoms with Crippen molar-refractivity contribution < 1.29 is 28.9 Å². The monoisotopic (exact) mass is 700 g/mol. The Hall–Kier alpha value is -4.23. The molecule has 0 radical (unpaired) electrons. The predicted octanol–water partition coefficient (Wildman–Crippen LogP) is 3.54. The van der Waals surface area contributed by atoms with Crippen molar-refractivity contribution >= 4 is 23.3 Å². The number of rotatable bonds is 15. The predicted molar refractivity (Wildman–Crippen MR) is 196 cm³/mol. The second-order valence-corrected chi connectivity index (χ2v) is 14.0. The van der Waals surface area contributed by atoms with Gasteiger partial charge < -0.3 is 39.8 Å². The maximum Gasteiger partial charge on any atom is 0.262 e. The molecule has 3 aliphatic heterocycles. The summed E-state index contributed by atoms with van der Waals surface area (Å²) < 4.78 is 17.8. The number of aryl methyl sites for hydroxylation is 1. The van der Waals surface area contributed by atoms with Gasteiger partial charge in [0.15, 0.2) is 12.4 Å². The molecule has 3 aliphatic rings. The number of hydrogen-bond acceptors (Lipinski definition) is 10. The van der Waals surface area contributed by atoms with Crippen molar-refractivity contribution in [3.8, 4) is 11.5 Å². The van der Waals surface area contributed by atoms with Gasteiger partial charge in [-0.05, 0) is 79.6 Å². The van der Waals surface area contributed by atoms with Gasteiger partial charge in [0.2, 0.25) is 5.91 Å². The van der Waals surface area contributed by atoms with E-state index >= 15 is 0 Å². The Morgan fingerprint density at radius 2 is 1.92 bits per heavy atom. The van der Waals surface area contributed by atoms with Crippen LogP contribution in [0.5, 0.6) is 11.5 Å². The summed E-state index contributed by atoms with van der Waals surface area (Å²) >= 11 is 0. The maximum absolute atomic E-state index is 12.6. The first kappa shape index (κ1) is 36.6. The summed E-state index contributed by atoms with van der Waals surface area (Å²) in [6, 6.07) is 16.3. The van der Waals surface area contributed by atoms with Gasteiger partial charge in [-0.25, -0.2) is 4.98 Å². The Balaban J connectivity index is 0.837. The van der Waals surface area contributed by atoms with Crippen molar-refractivity contribution in [3.05, 3.63) is 77.0 Å². The summed E-state index contributed by atoms with van der Waals surface area (Å²) in [5, 5.41) is 16.0. The van der Waals surface area contributed by atoms with Crippen LogP contribution in [0.15, 0.2) is 54.7 Å². The second-order valence-electron chi connectivity index (χ2n) is 14.0. The fourth-order valence-corrected chi connectivity index (χ4v) is 7.07. The van der Waals surface area contributed by atoms with Crippen molar-refractivity contribution in [2.24, 2.45) is 0 Å². The number of nitrogens with one attached hydrogen (secondary N) is 2. The summed E-state index contributed by atoms with van der Waals surface area (Å²) in [6.07, 6.45) is 5.76. The van der Waals surface area contributed by atoms with E-state index in [1.54, 1.807) is 17.0 Å². The molecule has 1 aromatic heterocycles.